The van der Waals surface area contributed by atoms with Gasteiger partial charge < -0.3 is 20.1 Å². The van der Waals surface area contributed by atoms with Gasteiger partial charge in [-0.25, -0.2) is 0 Å². The zero-order valence-electron chi connectivity index (χ0n) is 13.3. The number of nitrogens with one attached hydrogen (secondary N) is 1. The molecule has 1 rings (SSSR count). The standard InChI is InChI=1S/C16H27BrN2O2/c1-12(2)16(10-19(3)4)18-9-14(20)11-21-15-7-5-6-13(17)8-15/h5-8,12,14,16,18,20H,9-11H2,1-4H3. The van der Waals surface area contributed by atoms with E-state index in [9.17, 15) is 5.11 Å². The van der Waals surface area contributed by atoms with Gasteiger partial charge in [-0.15, -0.1) is 0 Å². The van der Waals surface area contributed by atoms with Gasteiger partial charge in [0.1, 0.15) is 18.5 Å². The van der Waals surface area contributed by atoms with Crippen LogP contribution in [0.4, 0.5) is 0 Å². The Morgan fingerprint density at radius 3 is 2.62 bits per heavy atom. The highest BCUT2D eigenvalue weighted by Crippen LogP contribution is 2.17. The van der Waals surface area contributed by atoms with Gasteiger partial charge in [-0.3, -0.25) is 0 Å². The van der Waals surface area contributed by atoms with Crippen LogP contribution < -0.4 is 10.1 Å². The summed E-state index contributed by atoms with van der Waals surface area (Å²) in [7, 11) is 4.12. The molecule has 0 fully saturated rings. The number of ether oxygens (including phenoxy) is 1. The summed E-state index contributed by atoms with van der Waals surface area (Å²) in [5, 5.41) is 13.4. The minimum atomic E-state index is -0.521. The highest BCUT2D eigenvalue weighted by molar-refractivity contribution is 9.10. The number of hydrogen-bond acceptors (Lipinski definition) is 4. The molecule has 0 amide bonds. The molecule has 0 saturated carbocycles. The number of likely N-dealkylation sites (N-methyl/N-ethyl adjacent to an activating group) is 1. The summed E-state index contributed by atoms with van der Waals surface area (Å²) in [5.74, 6) is 1.28. The van der Waals surface area contributed by atoms with Crippen molar-refractivity contribution in [3.05, 3.63) is 28.7 Å². The zero-order valence-corrected chi connectivity index (χ0v) is 14.9. The van der Waals surface area contributed by atoms with E-state index in [-0.39, 0.29) is 6.61 Å². The fourth-order valence-corrected chi connectivity index (χ4v) is 2.38. The van der Waals surface area contributed by atoms with Gasteiger partial charge in [0.25, 0.3) is 0 Å². The molecule has 4 nitrogen and oxygen atoms in total. The smallest absolute Gasteiger partial charge is 0.120 e. The quantitative estimate of drug-likeness (QED) is 0.711. The highest BCUT2D eigenvalue weighted by atomic mass is 79.9. The first-order chi connectivity index (χ1) is 9.88. The third-order valence-electron chi connectivity index (χ3n) is 3.22. The van der Waals surface area contributed by atoms with Crippen LogP contribution in [0.15, 0.2) is 28.7 Å². The van der Waals surface area contributed by atoms with E-state index in [0.717, 1.165) is 16.8 Å². The van der Waals surface area contributed by atoms with E-state index < -0.39 is 6.10 Å². The molecule has 2 N–H and O–H groups in total. The van der Waals surface area contributed by atoms with Crippen molar-refractivity contribution in [1.29, 1.82) is 0 Å². The fraction of sp³-hybridized carbons (Fsp3) is 0.625. The van der Waals surface area contributed by atoms with Crippen molar-refractivity contribution in [2.45, 2.75) is 26.0 Å². The van der Waals surface area contributed by atoms with Crippen molar-refractivity contribution in [3.8, 4) is 5.75 Å². The van der Waals surface area contributed by atoms with Crippen molar-refractivity contribution in [1.82, 2.24) is 10.2 Å². The fourth-order valence-electron chi connectivity index (χ4n) is 2.00. The average molecular weight is 359 g/mol. The van der Waals surface area contributed by atoms with Crippen molar-refractivity contribution in [2.24, 2.45) is 5.92 Å². The summed E-state index contributed by atoms with van der Waals surface area (Å²) < 4.78 is 6.56. The molecular weight excluding hydrogens is 332 g/mol. The van der Waals surface area contributed by atoms with Crippen LogP contribution in [0.25, 0.3) is 0 Å². The van der Waals surface area contributed by atoms with Crippen molar-refractivity contribution >= 4 is 15.9 Å². The lowest BCUT2D eigenvalue weighted by Crippen LogP contribution is -2.45. The molecule has 0 aliphatic heterocycles. The molecule has 0 aliphatic rings. The van der Waals surface area contributed by atoms with Crippen LogP contribution in [0.1, 0.15) is 13.8 Å². The van der Waals surface area contributed by atoms with Gasteiger partial charge in [0.2, 0.25) is 0 Å². The lowest BCUT2D eigenvalue weighted by Gasteiger charge is -2.26. The average Bonchev–Trinajstić information content (AvgIpc) is 2.40. The second-order valence-electron chi connectivity index (χ2n) is 5.94. The van der Waals surface area contributed by atoms with Crippen LogP contribution in [-0.4, -0.2) is 55.9 Å². The van der Waals surface area contributed by atoms with Gasteiger partial charge in [-0.05, 0) is 38.2 Å². The van der Waals surface area contributed by atoms with Gasteiger partial charge in [0.15, 0.2) is 0 Å². The molecule has 0 heterocycles. The number of aliphatic hydroxyl groups excluding tert-OH is 1. The van der Waals surface area contributed by atoms with E-state index in [1.807, 2.05) is 24.3 Å². The molecule has 0 aromatic heterocycles. The molecule has 0 spiro atoms. The molecule has 0 saturated heterocycles. The topological polar surface area (TPSA) is 44.7 Å². The summed E-state index contributed by atoms with van der Waals surface area (Å²) in [6.45, 7) is 6.15. The van der Waals surface area contributed by atoms with Crippen LogP contribution in [0.3, 0.4) is 0 Å². The summed E-state index contributed by atoms with van der Waals surface area (Å²) in [6.07, 6.45) is -0.521. The molecule has 0 bridgehead atoms. The molecule has 2 unspecified atom stereocenters. The van der Waals surface area contributed by atoms with E-state index >= 15 is 0 Å². The third-order valence-corrected chi connectivity index (χ3v) is 3.71. The number of aliphatic hydroxyl groups is 1. The van der Waals surface area contributed by atoms with Crippen molar-refractivity contribution in [2.75, 3.05) is 33.8 Å². The molecule has 5 heteroatoms. The van der Waals surface area contributed by atoms with Crippen molar-refractivity contribution in [3.63, 3.8) is 0 Å². The predicted octanol–water partition coefficient (Wildman–Crippen LogP) is 2.36. The minimum Gasteiger partial charge on any atom is -0.491 e. The van der Waals surface area contributed by atoms with Crippen LogP contribution in [-0.2, 0) is 0 Å². The zero-order chi connectivity index (χ0) is 15.8. The lowest BCUT2D eigenvalue weighted by molar-refractivity contribution is 0.0996. The Balaban J connectivity index is 2.34. The Morgan fingerprint density at radius 2 is 2.05 bits per heavy atom. The van der Waals surface area contributed by atoms with E-state index in [1.54, 1.807) is 0 Å². The summed E-state index contributed by atoms with van der Waals surface area (Å²) in [4.78, 5) is 2.15. The first kappa shape index (κ1) is 18.4. The number of halogens is 1. The number of benzene rings is 1. The van der Waals surface area contributed by atoms with Crippen molar-refractivity contribution < 1.29 is 9.84 Å². The summed E-state index contributed by atoms with van der Waals surface area (Å²) in [5.41, 5.74) is 0. The van der Waals surface area contributed by atoms with Crippen LogP contribution in [0, 0.1) is 5.92 Å². The number of hydrogen-bond donors (Lipinski definition) is 2. The minimum absolute atomic E-state index is 0.288. The van der Waals surface area contributed by atoms with Gasteiger partial charge in [-0.1, -0.05) is 35.8 Å². The van der Waals surface area contributed by atoms with Gasteiger partial charge >= 0.3 is 0 Å². The van der Waals surface area contributed by atoms with Crippen LogP contribution in [0.2, 0.25) is 0 Å². The molecule has 1 aromatic carbocycles. The molecule has 1 aromatic rings. The van der Waals surface area contributed by atoms with E-state index in [0.29, 0.717) is 18.5 Å². The Kier molecular flexibility index (Phi) is 8.26. The second kappa shape index (κ2) is 9.41. The Bertz CT molecular complexity index is 413. The van der Waals surface area contributed by atoms with E-state index in [2.05, 4.69) is 54.1 Å². The SMILES string of the molecule is CC(C)C(CN(C)C)NCC(O)COc1cccc(Br)c1. The maximum atomic E-state index is 10.0. The van der Waals surface area contributed by atoms with Gasteiger partial charge in [0, 0.05) is 23.6 Å². The monoisotopic (exact) mass is 358 g/mol. The Hall–Kier alpha value is -0.620. The van der Waals surface area contributed by atoms with Gasteiger partial charge in [-0.2, -0.15) is 0 Å². The normalized spacial score (nSPS) is 14.5. The molecular formula is C16H27BrN2O2. The Morgan fingerprint density at radius 1 is 1.33 bits per heavy atom. The molecule has 120 valence electrons. The second-order valence-corrected chi connectivity index (χ2v) is 6.86. The molecule has 0 aliphatic carbocycles. The number of nitrogens with zero attached hydrogens (tertiary/aromatic N) is 1. The maximum absolute atomic E-state index is 10.0. The molecule has 0 radical (unpaired) electrons. The van der Waals surface area contributed by atoms with Crippen LogP contribution in [0.5, 0.6) is 5.75 Å². The largest absolute Gasteiger partial charge is 0.491 e. The summed E-state index contributed by atoms with van der Waals surface area (Å²) >= 11 is 3.40. The first-order valence-electron chi connectivity index (χ1n) is 7.33. The first-order valence-corrected chi connectivity index (χ1v) is 8.12. The highest BCUT2D eigenvalue weighted by Gasteiger charge is 2.15. The lowest BCUT2D eigenvalue weighted by atomic mass is 10.0. The van der Waals surface area contributed by atoms with Crippen LogP contribution >= 0.6 is 15.9 Å². The van der Waals surface area contributed by atoms with E-state index in [1.165, 1.54) is 0 Å². The maximum Gasteiger partial charge on any atom is 0.120 e. The predicted molar refractivity (Wildman–Crippen MR) is 90.8 cm³/mol. The van der Waals surface area contributed by atoms with Gasteiger partial charge in [0.05, 0.1) is 0 Å². The van der Waals surface area contributed by atoms with E-state index in [4.69, 9.17) is 4.74 Å². The summed E-state index contributed by atoms with van der Waals surface area (Å²) in [6, 6.07) is 7.99. The molecule has 21 heavy (non-hydrogen) atoms. The number of rotatable bonds is 9. The third kappa shape index (κ3) is 7.81. The molecule has 2 atom stereocenters. The Labute approximate surface area is 136 Å².